The summed E-state index contributed by atoms with van der Waals surface area (Å²) in [6.45, 7) is 1.64. The van der Waals surface area contributed by atoms with Crippen LogP contribution in [0.4, 0.5) is 0 Å². The number of pyridine rings is 1. The maximum absolute atomic E-state index is 11.8. The van der Waals surface area contributed by atoms with Gasteiger partial charge >= 0.3 is 0 Å². The summed E-state index contributed by atoms with van der Waals surface area (Å²) in [6.07, 6.45) is 2.79. The fraction of sp³-hybridized carbons (Fsp3) is 0.364. The van der Waals surface area contributed by atoms with Crippen LogP contribution in [0.25, 0.3) is 5.65 Å². The minimum absolute atomic E-state index is 0.166. The van der Waals surface area contributed by atoms with Gasteiger partial charge in [0.2, 0.25) is 15.9 Å². The first-order valence-electron chi connectivity index (χ1n) is 5.90. The summed E-state index contributed by atoms with van der Waals surface area (Å²) in [5.74, 6) is 0.142. The van der Waals surface area contributed by atoms with E-state index in [1.165, 1.54) is 6.92 Å². The van der Waals surface area contributed by atoms with E-state index in [-0.39, 0.29) is 6.54 Å². The van der Waals surface area contributed by atoms with Crippen molar-refractivity contribution in [2.24, 2.45) is 0 Å². The molecule has 0 aromatic carbocycles. The number of carbonyl (C=O) groups is 1. The standard InChI is InChI=1S/C11H15N5O3S/c1-8(15-20(2,18)19)11(17)12-7-10-14-13-9-5-3-4-6-16(9)10/h3-6,8,15H,7H2,1-2H3,(H,12,17). The van der Waals surface area contributed by atoms with Crippen LogP contribution in [0.2, 0.25) is 0 Å². The average Bonchev–Trinajstić information content (AvgIpc) is 2.77. The molecule has 2 aromatic rings. The van der Waals surface area contributed by atoms with Crippen molar-refractivity contribution in [3.63, 3.8) is 0 Å². The average molecular weight is 297 g/mol. The molecular weight excluding hydrogens is 282 g/mol. The number of carbonyl (C=O) groups excluding carboxylic acids is 1. The molecule has 2 N–H and O–H groups in total. The number of rotatable bonds is 5. The molecule has 1 atom stereocenters. The molecule has 108 valence electrons. The first-order chi connectivity index (χ1) is 9.37. The van der Waals surface area contributed by atoms with Crippen LogP contribution < -0.4 is 10.0 Å². The number of nitrogens with zero attached hydrogens (tertiary/aromatic N) is 3. The number of aromatic nitrogens is 3. The van der Waals surface area contributed by atoms with Crippen molar-refractivity contribution in [3.05, 3.63) is 30.2 Å². The summed E-state index contributed by atoms with van der Waals surface area (Å²) in [5, 5.41) is 10.5. The molecule has 0 aliphatic heterocycles. The van der Waals surface area contributed by atoms with Crippen molar-refractivity contribution in [2.75, 3.05) is 6.26 Å². The summed E-state index contributed by atoms with van der Waals surface area (Å²) in [4.78, 5) is 11.8. The molecule has 8 nitrogen and oxygen atoms in total. The largest absolute Gasteiger partial charge is 0.347 e. The summed E-state index contributed by atoms with van der Waals surface area (Å²) in [7, 11) is -3.42. The first-order valence-corrected chi connectivity index (χ1v) is 7.79. The Kier molecular flexibility index (Phi) is 4.00. The van der Waals surface area contributed by atoms with E-state index in [0.29, 0.717) is 11.5 Å². The summed E-state index contributed by atoms with van der Waals surface area (Å²) in [6, 6.07) is 4.62. The Morgan fingerprint density at radius 3 is 2.85 bits per heavy atom. The zero-order chi connectivity index (χ0) is 14.8. The quantitative estimate of drug-likeness (QED) is 0.758. The predicted molar refractivity (Wildman–Crippen MR) is 72.3 cm³/mol. The molecule has 9 heteroatoms. The van der Waals surface area contributed by atoms with Crippen LogP contribution in [0, 0.1) is 0 Å². The Balaban J connectivity index is 2.00. The molecule has 0 aliphatic rings. The van der Waals surface area contributed by atoms with E-state index in [9.17, 15) is 13.2 Å². The van der Waals surface area contributed by atoms with Crippen molar-refractivity contribution in [1.29, 1.82) is 0 Å². The molecule has 2 rings (SSSR count). The van der Waals surface area contributed by atoms with Gasteiger partial charge in [-0.1, -0.05) is 6.07 Å². The van der Waals surface area contributed by atoms with Gasteiger partial charge in [0.1, 0.15) is 0 Å². The Bertz CT molecular complexity index is 724. The van der Waals surface area contributed by atoms with Gasteiger partial charge in [0.25, 0.3) is 0 Å². The Hall–Kier alpha value is -2.00. The third kappa shape index (κ3) is 3.52. The zero-order valence-electron chi connectivity index (χ0n) is 11.1. The fourth-order valence-electron chi connectivity index (χ4n) is 1.71. The van der Waals surface area contributed by atoms with Gasteiger partial charge < -0.3 is 5.32 Å². The topological polar surface area (TPSA) is 105 Å². The molecule has 0 bridgehead atoms. The number of hydrogen-bond acceptors (Lipinski definition) is 5. The van der Waals surface area contributed by atoms with E-state index in [1.807, 2.05) is 12.1 Å². The van der Waals surface area contributed by atoms with E-state index < -0.39 is 22.0 Å². The van der Waals surface area contributed by atoms with Crippen LogP contribution >= 0.6 is 0 Å². The van der Waals surface area contributed by atoms with E-state index >= 15 is 0 Å². The smallest absolute Gasteiger partial charge is 0.238 e. The highest BCUT2D eigenvalue weighted by molar-refractivity contribution is 7.88. The van der Waals surface area contributed by atoms with Gasteiger partial charge in [0.05, 0.1) is 18.8 Å². The van der Waals surface area contributed by atoms with Gasteiger partial charge in [0, 0.05) is 6.20 Å². The SMILES string of the molecule is CC(NS(C)(=O)=O)C(=O)NCc1nnc2ccccn12. The monoisotopic (exact) mass is 297 g/mol. The van der Waals surface area contributed by atoms with Crippen LogP contribution in [-0.4, -0.2) is 41.2 Å². The molecule has 0 radical (unpaired) electrons. The highest BCUT2D eigenvalue weighted by Crippen LogP contribution is 2.02. The highest BCUT2D eigenvalue weighted by atomic mass is 32.2. The summed E-state index contributed by atoms with van der Waals surface area (Å²) in [5.41, 5.74) is 0.680. The summed E-state index contributed by atoms with van der Waals surface area (Å²) < 4.78 is 26.0. The van der Waals surface area contributed by atoms with Gasteiger partial charge in [0.15, 0.2) is 11.5 Å². The third-order valence-electron chi connectivity index (χ3n) is 2.59. The van der Waals surface area contributed by atoms with Crippen LogP contribution in [0.3, 0.4) is 0 Å². The zero-order valence-corrected chi connectivity index (χ0v) is 11.9. The van der Waals surface area contributed by atoms with Gasteiger partial charge in [-0.25, -0.2) is 13.1 Å². The number of sulfonamides is 1. The van der Waals surface area contributed by atoms with Gasteiger partial charge in [-0.3, -0.25) is 9.20 Å². The Labute approximate surface area is 116 Å². The van der Waals surface area contributed by atoms with Crippen LogP contribution in [0.15, 0.2) is 24.4 Å². The Morgan fingerprint density at radius 2 is 2.15 bits per heavy atom. The van der Waals surface area contributed by atoms with Crippen LogP contribution in [0.5, 0.6) is 0 Å². The lowest BCUT2D eigenvalue weighted by atomic mass is 10.3. The maximum atomic E-state index is 11.8. The molecule has 0 fully saturated rings. The second-order valence-corrected chi connectivity index (χ2v) is 6.15. The third-order valence-corrected chi connectivity index (χ3v) is 3.37. The minimum atomic E-state index is -3.42. The molecule has 0 aliphatic carbocycles. The summed E-state index contributed by atoms with van der Waals surface area (Å²) >= 11 is 0. The maximum Gasteiger partial charge on any atom is 0.238 e. The predicted octanol–water partition coefficient (Wildman–Crippen LogP) is -0.717. The first kappa shape index (κ1) is 14.4. The van der Waals surface area contributed by atoms with Crippen molar-refractivity contribution in [2.45, 2.75) is 19.5 Å². The highest BCUT2D eigenvalue weighted by Gasteiger charge is 2.17. The molecule has 20 heavy (non-hydrogen) atoms. The van der Waals surface area contributed by atoms with Gasteiger partial charge in [-0.2, -0.15) is 0 Å². The lowest BCUT2D eigenvalue weighted by Gasteiger charge is -2.11. The molecule has 1 unspecified atom stereocenters. The van der Waals surface area contributed by atoms with Gasteiger partial charge in [-0.05, 0) is 19.1 Å². The number of fused-ring (bicyclic) bond motifs is 1. The number of amides is 1. The molecule has 0 saturated carbocycles. The van der Waals surface area contributed by atoms with E-state index in [0.717, 1.165) is 6.26 Å². The lowest BCUT2D eigenvalue weighted by Crippen LogP contribution is -2.44. The fourth-order valence-corrected chi connectivity index (χ4v) is 2.45. The minimum Gasteiger partial charge on any atom is -0.347 e. The van der Waals surface area contributed by atoms with Gasteiger partial charge in [-0.15, -0.1) is 10.2 Å². The Morgan fingerprint density at radius 1 is 1.40 bits per heavy atom. The normalized spacial score (nSPS) is 13.3. The lowest BCUT2D eigenvalue weighted by molar-refractivity contribution is -0.122. The van der Waals surface area contributed by atoms with Crippen molar-refractivity contribution in [1.82, 2.24) is 24.6 Å². The molecular formula is C11H15N5O3S. The number of nitrogens with one attached hydrogen (secondary N) is 2. The molecule has 0 saturated heterocycles. The second-order valence-electron chi connectivity index (χ2n) is 4.37. The van der Waals surface area contributed by atoms with E-state index in [1.54, 1.807) is 16.7 Å². The number of hydrogen-bond donors (Lipinski definition) is 2. The molecule has 1 amide bonds. The van der Waals surface area contributed by atoms with Crippen LogP contribution in [-0.2, 0) is 21.4 Å². The molecule has 2 heterocycles. The van der Waals surface area contributed by atoms with Crippen molar-refractivity contribution < 1.29 is 13.2 Å². The van der Waals surface area contributed by atoms with E-state index in [2.05, 4.69) is 20.2 Å². The van der Waals surface area contributed by atoms with Crippen LogP contribution in [0.1, 0.15) is 12.7 Å². The molecule has 2 aromatic heterocycles. The second kappa shape index (κ2) is 5.55. The van der Waals surface area contributed by atoms with E-state index in [4.69, 9.17) is 0 Å². The van der Waals surface area contributed by atoms with Crippen molar-refractivity contribution >= 4 is 21.6 Å². The molecule has 0 spiro atoms. The van der Waals surface area contributed by atoms with Crippen molar-refractivity contribution in [3.8, 4) is 0 Å².